The fourth-order valence-electron chi connectivity index (χ4n) is 8.70. The van der Waals surface area contributed by atoms with E-state index < -0.39 is 81.4 Å². The number of ketones is 1. The van der Waals surface area contributed by atoms with E-state index in [4.69, 9.17) is 18.9 Å². The lowest BCUT2D eigenvalue weighted by atomic mass is 9.58. The fourth-order valence-corrected chi connectivity index (χ4v) is 8.70. The molecule has 12 atom stereocenters. The second-order valence-electron chi connectivity index (χ2n) is 13.5. The molecular weight excluding hydrogens is 480 g/mol. The SMILES string of the molecule is CC[C@H](C)C(=O)O[C@@]12[C@H](O)[C@@H](C)[C@@]3(O)[C@H]([C@@H]1C2(C)C)[C@@H]1O[C@@]12COC(C)(C)O[C@H]2[C@]1(O)C(=O)C(C)=C[C@H]13. The zero-order valence-electron chi connectivity index (χ0n) is 22.9. The Bertz CT molecular complexity index is 1110. The number of hydrogen-bond acceptors (Lipinski definition) is 9. The molecule has 0 aromatic carbocycles. The number of carbonyl (C=O) groups excluding carboxylic acids is 2. The van der Waals surface area contributed by atoms with E-state index in [2.05, 4.69) is 0 Å². The van der Waals surface area contributed by atoms with Gasteiger partial charge in [0.2, 0.25) is 0 Å². The molecule has 2 saturated heterocycles. The first-order valence-corrected chi connectivity index (χ1v) is 13.6. The van der Waals surface area contributed by atoms with E-state index in [-0.39, 0.29) is 18.5 Å². The summed E-state index contributed by atoms with van der Waals surface area (Å²) < 4.78 is 24.8. The molecule has 0 aromatic heterocycles. The molecule has 5 fully saturated rings. The number of carbonyl (C=O) groups is 2. The first-order chi connectivity index (χ1) is 17.0. The van der Waals surface area contributed by atoms with Crippen molar-refractivity contribution in [3.8, 4) is 0 Å². The zero-order valence-corrected chi connectivity index (χ0v) is 22.9. The Balaban J connectivity index is 1.54. The third-order valence-electron chi connectivity index (χ3n) is 11.1. The van der Waals surface area contributed by atoms with Gasteiger partial charge in [-0.3, -0.25) is 9.59 Å². The molecule has 6 rings (SSSR count). The van der Waals surface area contributed by atoms with E-state index in [0.29, 0.717) is 12.0 Å². The summed E-state index contributed by atoms with van der Waals surface area (Å²) in [6.45, 7) is 14.4. The summed E-state index contributed by atoms with van der Waals surface area (Å²) in [5.74, 6) is -5.37. The lowest BCUT2D eigenvalue weighted by molar-refractivity contribution is -0.329. The normalized spacial score (nSPS) is 54.8. The van der Waals surface area contributed by atoms with Crippen LogP contribution in [0.3, 0.4) is 0 Å². The van der Waals surface area contributed by atoms with Gasteiger partial charge in [0.15, 0.2) is 17.2 Å². The lowest BCUT2D eigenvalue weighted by Gasteiger charge is -2.54. The predicted octanol–water partition coefficient (Wildman–Crippen LogP) is 1.51. The van der Waals surface area contributed by atoms with Gasteiger partial charge in [-0.05, 0) is 32.8 Å². The van der Waals surface area contributed by atoms with Crippen molar-refractivity contribution >= 4 is 11.8 Å². The number of Topliss-reactive ketones (excluding diaryl/α,β-unsaturated/α-hetero) is 1. The number of aliphatic hydroxyl groups is 3. The minimum Gasteiger partial charge on any atom is -0.455 e. The van der Waals surface area contributed by atoms with Gasteiger partial charge in [0.1, 0.15) is 17.3 Å². The Morgan fingerprint density at radius 2 is 1.86 bits per heavy atom. The molecule has 2 heterocycles. The number of ether oxygens (including phenoxy) is 4. The summed E-state index contributed by atoms with van der Waals surface area (Å²) in [4.78, 5) is 26.7. The Morgan fingerprint density at radius 3 is 2.49 bits per heavy atom. The van der Waals surface area contributed by atoms with Gasteiger partial charge in [0.25, 0.3) is 0 Å². The third-order valence-corrected chi connectivity index (χ3v) is 11.1. The molecule has 0 aromatic rings. The van der Waals surface area contributed by atoms with Crippen molar-refractivity contribution in [2.45, 2.75) is 108 Å². The van der Waals surface area contributed by atoms with Crippen LogP contribution in [0.2, 0.25) is 0 Å². The monoisotopic (exact) mass is 520 g/mol. The quantitative estimate of drug-likeness (QED) is 0.374. The number of fused-ring (bicyclic) bond motifs is 7. The van der Waals surface area contributed by atoms with Gasteiger partial charge in [-0.1, -0.05) is 40.7 Å². The molecule has 6 aliphatic rings. The smallest absolute Gasteiger partial charge is 0.309 e. The molecule has 2 aliphatic heterocycles. The highest BCUT2D eigenvalue weighted by Gasteiger charge is 2.93. The maximum absolute atomic E-state index is 13.6. The molecule has 4 aliphatic carbocycles. The minimum atomic E-state index is -2.11. The van der Waals surface area contributed by atoms with Crippen LogP contribution in [0.4, 0.5) is 0 Å². The Kier molecular flexibility index (Phi) is 4.92. The maximum atomic E-state index is 13.6. The summed E-state index contributed by atoms with van der Waals surface area (Å²) in [5.41, 5.74) is -6.60. The number of aliphatic hydroxyl groups excluding tert-OH is 1. The molecule has 1 spiro atoms. The lowest BCUT2D eigenvalue weighted by Crippen LogP contribution is -2.70. The fraction of sp³-hybridized carbons (Fsp3) is 0.857. The molecule has 9 nitrogen and oxygen atoms in total. The summed E-state index contributed by atoms with van der Waals surface area (Å²) in [6, 6.07) is 0. The van der Waals surface area contributed by atoms with E-state index in [1.165, 1.54) is 0 Å². The highest BCUT2D eigenvalue weighted by Crippen LogP contribution is 2.80. The predicted molar refractivity (Wildman–Crippen MR) is 129 cm³/mol. The van der Waals surface area contributed by atoms with Crippen LogP contribution < -0.4 is 0 Å². The Labute approximate surface area is 217 Å². The second-order valence-corrected chi connectivity index (χ2v) is 13.5. The van der Waals surface area contributed by atoms with Crippen LogP contribution in [-0.4, -0.2) is 80.2 Å². The van der Waals surface area contributed by atoms with Gasteiger partial charge in [-0.25, -0.2) is 0 Å². The van der Waals surface area contributed by atoms with Crippen molar-refractivity contribution < 1.29 is 43.9 Å². The van der Waals surface area contributed by atoms with Crippen molar-refractivity contribution in [2.24, 2.45) is 35.0 Å². The molecular formula is C28H40O9. The summed E-state index contributed by atoms with van der Waals surface area (Å²) in [5, 5.41) is 36.9. The molecule has 37 heavy (non-hydrogen) atoms. The van der Waals surface area contributed by atoms with E-state index in [0.717, 1.165) is 0 Å². The van der Waals surface area contributed by atoms with Gasteiger partial charge >= 0.3 is 5.97 Å². The van der Waals surface area contributed by atoms with Gasteiger partial charge in [0.05, 0.1) is 30.3 Å². The Morgan fingerprint density at radius 1 is 1.22 bits per heavy atom. The van der Waals surface area contributed by atoms with Crippen LogP contribution in [0.25, 0.3) is 0 Å². The Hall–Kier alpha value is -1.36. The molecule has 3 saturated carbocycles. The molecule has 0 radical (unpaired) electrons. The van der Waals surface area contributed by atoms with Crippen LogP contribution in [0, 0.1) is 35.0 Å². The molecule has 0 bridgehead atoms. The number of epoxide rings is 1. The van der Waals surface area contributed by atoms with Crippen molar-refractivity contribution in [1.29, 1.82) is 0 Å². The molecule has 0 amide bonds. The van der Waals surface area contributed by atoms with E-state index in [1.807, 2.05) is 20.8 Å². The minimum absolute atomic E-state index is 0.0764. The van der Waals surface area contributed by atoms with Crippen molar-refractivity contribution in [3.63, 3.8) is 0 Å². The standard InChI is InChI=1S/C28H40O9/c1-9-12(2)21(31)36-28-17(23(28,5)6)16-20-25(35-20)11-34-24(7,8)37-22(25)27(33)15(10-13(3)18(27)29)26(16,32)14(4)19(28)30/h10,12,14-17,19-20,22,30,32-33H,9,11H2,1-8H3/t12-,14+,15-,16+,17+,19+,20-,22+,25-,26-,27+,28+/m0/s1. The molecule has 0 unspecified atom stereocenters. The van der Waals surface area contributed by atoms with Crippen molar-refractivity contribution in [1.82, 2.24) is 0 Å². The highest BCUT2D eigenvalue weighted by atomic mass is 16.8. The van der Waals surface area contributed by atoms with Gasteiger partial charge in [0, 0.05) is 29.1 Å². The van der Waals surface area contributed by atoms with E-state index in [9.17, 15) is 24.9 Å². The van der Waals surface area contributed by atoms with Crippen LogP contribution in [-0.2, 0) is 28.5 Å². The molecule has 206 valence electrons. The second kappa shape index (κ2) is 7.04. The summed E-state index contributed by atoms with van der Waals surface area (Å²) in [7, 11) is 0. The average molecular weight is 521 g/mol. The van der Waals surface area contributed by atoms with Gasteiger partial charge in [-0.2, -0.15) is 0 Å². The third kappa shape index (κ3) is 2.67. The largest absolute Gasteiger partial charge is 0.455 e. The number of rotatable bonds is 3. The summed E-state index contributed by atoms with van der Waals surface area (Å²) >= 11 is 0. The maximum Gasteiger partial charge on any atom is 0.309 e. The van der Waals surface area contributed by atoms with Crippen molar-refractivity contribution in [3.05, 3.63) is 11.6 Å². The van der Waals surface area contributed by atoms with Crippen LogP contribution in [0.15, 0.2) is 11.6 Å². The van der Waals surface area contributed by atoms with Crippen LogP contribution in [0.1, 0.15) is 61.8 Å². The van der Waals surface area contributed by atoms with Crippen LogP contribution >= 0.6 is 0 Å². The van der Waals surface area contributed by atoms with E-state index >= 15 is 0 Å². The summed E-state index contributed by atoms with van der Waals surface area (Å²) in [6.07, 6.45) is -0.702. The van der Waals surface area contributed by atoms with Crippen molar-refractivity contribution in [2.75, 3.05) is 6.61 Å². The van der Waals surface area contributed by atoms with Gasteiger partial charge in [-0.15, -0.1) is 0 Å². The van der Waals surface area contributed by atoms with Gasteiger partial charge < -0.3 is 34.3 Å². The molecule has 3 N–H and O–H groups in total. The first kappa shape index (κ1) is 25.9. The van der Waals surface area contributed by atoms with E-state index in [1.54, 1.807) is 40.7 Å². The topological polar surface area (TPSA) is 135 Å². The first-order valence-electron chi connectivity index (χ1n) is 13.6. The van der Waals surface area contributed by atoms with Crippen LogP contribution in [0.5, 0.6) is 0 Å². The number of esters is 1. The average Bonchev–Trinajstić information content (AvgIpc) is 3.64. The highest BCUT2D eigenvalue weighted by molar-refractivity contribution is 6.05. The zero-order chi connectivity index (χ0) is 27.3. The number of hydrogen-bond donors (Lipinski definition) is 3. The molecule has 9 heteroatoms.